The molecule has 1 aromatic rings. The van der Waals surface area contributed by atoms with Crippen LogP contribution in [0.3, 0.4) is 0 Å². The monoisotopic (exact) mass is 521 g/mol. The Morgan fingerprint density at radius 1 is 0.921 bits per heavy atom. The van der Waals surface area contributed by atoms with Gasteiger partial charge in [-0.1, -0.05) is 68.0 Å². The van der Waals surface area contributed by atoms with Crippen LogP contribution in [0.1, 0.15) is 44.6 Å². The number of benzene rings is 1. The van der Waals surface area contributed by atoms with Crippen LogP contribution in [0.2, 0.25) is 0 Å². The van der Waals surface area contributed by atoms with Crippen molar-refractivity contribution in [1.82, 2.24) is 14.7 Å². The fraction of sp³-hybridized carbons (Fsp3) is 0.567. The second-order valence-electron chi connectivity index (χ2n) is 10.8. The fourth-order valence-electron chi connectivity index (χ4n) is 6.54. The summed E-state index contributed by atoms with van der Waals surface area (Å²) in [5.74, 6) is -1.82. The van der Waals surface area contributed by atoms with Crippen molar-refractivity contribution in [3.63, 3.8) is 0 Å². The third kappa shape index (κ3) is 4.69. The SMILES string of the molecule is CCCCN1CC=C[C@]23O[C@H]4C=CCN(Cc5ccccc5)C(=O)[C@H]4[C@H]2C(=O)N(CCCCCO)C3C1=O. The van der Waals surface area contributed by atoms with Crippen molar-refractivity contribution in [3.8, 4) is 0 Å². The molecule has 3 amide bonds. The Kier molecular flexibility index (Phi) is 8.00. The number of fused-ring (bicyclic) bond motifs is 2. The first-order chi connectivity index (χ1) is 18.5. The molecule has 0 aliphatic carbocycles. The predicted molar refractivity (Wildman–Crippen MR) is 143 cm³/mol. The van der Waals surface area contributed by atoms with Gasteiger partial charge >= 0.3 is 0 Å². The van der Waals surface area contributed by atoms with E-state index in [1.807, 2.05) is 59.5 Å². The van der Waals surface area contributed by atoms with Gasteiger partial charge in [0.25, 0.3) is 0 Å². The summed E-state index contributed by atoms with van der Waals surface area (Å²) >= 11 is 0. The van der Waals surface area contributed by atoms with Crippen molar-refractivity contribution in [2.45, 2.75) is 63.3 Å². The van der Waals surface area contributed by atoms with Crippen LogP contribution in [-0.4, -0.2) is 88.1 Å². The van der Waals surface area contributed by atoms with Gasteiger partial charge in [-0.05, 0) is 31.2 Å². The van der Waals surface area contributed by atoms with E-state index in [1.54, 1.807) is 9.80 Å². The van der Waals surface area contributed by atoms with Crippen molar-refractivity contribution < 1.29 is 24.2 Å². The first-order valence-electron chi connectivity index (χ1n) is 14.1. The lowest BCUT2D eigenvalue weighted by atomic mass is 9.77. The number of carbonyl (C=O) groups is 3. The summed E-state index contributed by atoms with van der Waals surface area (Å²) in [4.78, 5) is 47.6. The average Bonchev–Trinajstić information content (AvgIpc) is 3.24. The molecule has 2 fully saturated rings. The Labute approximate surface area is 224 Å². The zero-order valence-corrected chi connectivity index (χ0v) is 22.2. The minimum Gasteiger partial charge on any atom is -0.396 e. The van der Waals surface area contributed by atoms with E-state index in [1.165, 1.54) is 0 Å². The smallest absolute Gasteiger partial charge is 0.249 e. The number of rotatable bonds is 10. The van der Waals surface area contributed by atoms with Crippen molar-refractivity contribution in [1.29, 1.82) is 0 Å². The summed E-state index contributed by atoms with van der Waals surface area (Å²) in [6.07, 6.45) is 11.1. The molecule has 0 aromatic heterocycles. The van der Waals surface area contributed by atoms with Crippen LogP contribution in [0.25, 0.3) is 0 Å². The quantitative estimate of drug-likeness (QED) is 0.378. The predicted octanol–water partition coefficient (Wildman–Crippen LogP) is 2.53. The van der Waals surface area contributed by atoms with Crippen LogP contribution in [0.5, 0.6) is 0 Å². The maximum atomic E-state index is 14.2. The van der Waals surface area contributed by atoms with Crippen LogP contribution in [0.4, 0.5) is 0 Å². The molecule has 204 valence electrons. The van der Waals surface area contributed by atoms with E-state index in [0.717, 1.165) is 24.8 Å². The lowest BCUT2D eigenvalue weighted by molar-refractivity contribution is -0.148. The summed E-state index contributed by atoms with van der Waals surface area (Å²) < 4.78 is 6.69. The summed E-state index contributed by atoms with van der Waals surface area (Å²) in [5, 5.41) is 9.22. The Bertz CT molecular complexity index is 1090. The van der Waals surface area contributed by atoms with Gasteiger partial charge in [-0.2, -0.15) is 0 Å². The first-order valence-corrected chi connectivity index (χ1v) is 14.1. The normalized spacial score (nSPS) is 30.4. The van der Waals surface area contributed by atoms with E-state index >= 15 is 0 Å². The summed E-state index contributed by atoms with van der Waals surface area (Å²) in [6, 6.07) is 9.05. The van der Waals surface area contributed by atoms with Crippen molar-refractivity contribution in [2.24, 2.45) is 11.8 Å². The fourth-order valence-corrected chi connectivity index (χ4v) is 6.54. The van der Waals surface area contributed by atoms with Crippen molar-refractivity contribution >= 4 is 17.7 Å². The maximum Gasteiger partial charge on any atom is 0.249 e. The van der Waals surface area contributed by atoms with Gasteiger partial charge < -0.3 is 24.5 Å². The Balaban J connectivity index is 1.49. The standard InChI is InChI=1S/C30H39N3O5/c1-2-3-16-31-18-11-15-30-25(28(36)33(26(30)29(31)37)19-8-5-9-20-34)24-23(38-30)14-10-17-32(27(24)35)21-22-12-6-4-7-13-22/h4,6-7,10-15,23-26,34H,2-3,5,8-9,16-21H2,1H3/t23-,24+,25-,26?,30-/m0/s1. The molecule has 1 aromatic carbocycles. The third-order valence-electron chi connectivity index (χ3n) is 8.38. The molecule has 4 aliphatic rings. The molecule has 4 aliphatic heterocycles. The largest absolute Gasteiger partial charge is 0.396 e. The zero-order valence-electron chi connectivity index (χ0n) is 22.2. The van der Waals surface area contributed by atoms with Crippen LogP contribution in [0, 0.1) is 11.8 Å². The number of carbonyl (C=O) groups excluding carboxylic acids is 3. The van der Waals surface area contributed by atoms with Crippen LogP contribution in [0.15, 0.2) is 54.6 Å². The molecule has 8 nitrogen and oxygen atoms in total. The minimum absolute atomic E-state index is 0.0986. The van der Waals surface area contributed by atoms with Crippen molar-refractivity contribution in [2.75, 3.05) is 32.8 Å². The van der Waals surface area contributed by atoms with Crippen LogP contribution in [-0.2, 0) is 25.7 Å². The minimum atomic E-state index is -1.17. The van der Waals surface area contributed by atoms with Gasteiger partial charge in [0.2, 0.25) is 17.7 Å². The topological polar surface area (TPSA) is 90.4 Å². The molecule has 0 bridgehead atoms. The summed E-state index contributed by atoms with van der Waals surface area (Å²) in [5.41, 5.74) is -0.143. The summed E-state index contributed by atoms with van der Waals surface area (Å²) in [6.45, 7) is 4.60. The van der Waals surface area contributed by atoms with Gasteiger partial charge in [-0.3, -0.25) is 14.4 Å². The third-order valence-corrected chi connectivity index (χ3v) is 8.38. The van der Waals surface area contributed by atoms with Gasteiger partial charge in [0.1, 0.15) is 11.6 Å². The molecule has 4 heterocycles. The number of likely N-dealkylation sites (tertiary alicyclic amines) is 1. The summed E-state index contributed by atoms with van der Waals surface area (Å²) in [7, 11) is 0. The zero-order chi connectivity index (χ0) is 26.7. The number of unbranched alkanes of at least 4 members (excludes halogenated alkanes) is 3. The molecular formula is C30H39N3O5. The number of ether oxygens (including phenoxy) is 1. The number of aliphatic hydroxyl groups excluding tert-OH is 1. The molecule has 0 saturated carbocycles. The van der Waals surface area contributed by atoms with E-state index in [2.05, 4.69) is 6.92 Å². The van der Waals surface area contributed by atoms with E-state index in [-0.39, 0.29) is 24.3 Å². The van der Waals surface area contributed by atoms with E-state index < -0.39 is 29.6 Å². The van der Waals surface area contributed by atoms with Gasteiger partial charge in [0.15, 0.2) is 0 Å². The first kappa shape index (κ1) is 26.6. The molecule has 5 atom stereocenters. The van der Waals surface area contributed by atoms with E-state index in [9.17, 15) is 19.5 Å². The van der Waals surface area contributed by atoms with Crippen LogP contribution >= 0.6 is 0 Å². The Hall–Kier alpha value is -2.97. The number of hydrogen-bond donors (Lipinski definition) is 1. The number of amides is 3. The molecular weight excluding hydrogens is 482 g/mol. The average molecular weight is 522 g/mol. The molecule has 1 spiro atoms. The molecule has 1 unspecified atom stereocenters. The number of hydrogen-bond acceptors (Lipinski definition) is 5. The van der Waals surface area contributed by atoms with Crippen molar-refractivity contribution in [3.05, 3.63) is 60.2 Å². The highest BCUT2D eigenvalue weighted by molar-refractivity contribution is 5.99. The highest BCUT2D eigenvalue weighted by Gasteiger charge is 2.71. The molecule has 0 radical (unpaired) electrons. The van der Waals surface area contributed by atoms with Crippen LogP contribution < -0.4 is 0 Å². The van der Waals surface area contributed by atoms with E-state index in [0.29, 0.717) is 45.6 Å². The molecule has 8 heteroatoms. The van der Waals surface area contributed by atoms with Gasteiger partial charge in [-0.15, -0.1) is 0 Å². The Morgan fingerprint density at radius 2 is 1.71 bits per heavy atom. The number of nitrogens with zero attached hydrogens (tertiary/aromatic N) is 3. The highest BCUT2D eigenvalue weighted by atomic mass is 16.5. The highest BCUT2D eigenvalue weighted by Crippen LogP contribution is 2.53. The molecule has 5 rings (SSSR count). The number of aliphatic hydroxyl groups is 1. The lowest BCUT2D eigenvalue weighted by Gasteiger charge is -2.35. The second-order valence-corrected chi connectivity index (χ2v) is 10.8. The molecule has 38 heavy (non-hydrogen) atoms. The maximum absolute atomic E-state index is 14.2. The second kappa shape index (κ2) is 11.4. The molecule has 1 N–H and O–H groups in total. The Morgan fingerprint density at radius 3 is 2.47 bits per heavy atom. The van der Waals surface area contributed by atoms with Gasteiger partial charge in [0, 0.05) is 39.3 Å². The van der Waals surface area contributed by atoms with Gasteiger partial charge in [-0.25, -0.2) is 0 Å². The van der Waals surface area contributed by atoms with Gasteiger partial charge in [0.05, 0.1) is 17.9 Å². The van der Waals surface area contributed by atoms with E-state index in [4.69, 9.17) is 4.74 Å². The lowest BCUT2D eigenvalue weighted by Crippen LogP contribution is -2.55. The molecule has 2 saturated heterocycles.